The van der Waals surface area contributed by atoms with Crippen LogP contribution in [0.2, 0.25) is 0 Å². The molecule has 1 amide bonds. The maximum absolute atomic E-state index is 14.9. The van der Waals surface area contributed by atoms with Gasteiger partial charge in [0.25, 0.3) is 11.7 Å². The van der Waals surface area contributed by atoms with Crippen LogP contribution in [0.3, 0.4) is 0 Å². The van der Waals surface area contributed by atoms with E-state index in [1.165, 1.54) is 56.7 Å². The summed E-state index contributed by atoms with van der Waals surface area (Å²) < 4.78 is 65.4. The highest BCUT2D eigenvalue weighted by atomic mass is 19.4. The Morgan fingerprint density at radius 2 is 1.61 bits per heavy atom. The van der Waals surface area contributed by atoms with Gasteiger partial charge in [0.2, 0.25) is 0 Å². The van der Waals surface area contributed by atoms with E-state index >= 15 is 0 Å². The Hall–Kier alpha value is -4.34. The lowest BCUT2D eigenvalue weighted by molar-refractivity contribution is -0.137. The van der Waals surface area contributed by atoms with Crippen molar-refractivity contribution in [3.63, 3.8) is 0 Å². The lowest BCUT2D eigenvalue weighted by Crippen LogP contribution is -2.30. The van der Waals surface area contributed by atoms with Crippen LogP contribution in [0, 0.1) is 5.82 Å². The highest BCUT2D eigenvalue weighted by molar-refractivity contribution is 6.51. The van der Waals surface area contributed by atoms with E-state index < -0.39 is 46.6 Å². The third-order valence-electron chi connectivity index (χ3n) is 5.75. The molecule has 0 aliphatic carbocycles. The third kappa shape index (κ3) is 4.26. The predicted octanol–water partition coefficient (Wildman–Crippen LogP) is 5.49. The van der Waals surface area contributed by atoms with E-state index in [1.54, 1.807) is 0 Å². The molecule has 0 aromatic heterocycles. The number of amides is 1. The third-order valence-corrected chi connectivity index (χ3v) is 5.75. The molecule has 0 spiro atoms. The molecular formula is C26H19F4NO5. The predicted molar refractivity (Wildman–Crippen MR) is 122 cm³/mol. The molecule has 1 heterocycles. The number of Topliss-reactive ketones (excluding diaryl/α,β-unsaturated/α-hetero) is 1. The number of ketones is 1. The van der Waals surface area contributed by atoms with E-state index in [-0.39, 0.29) is 22.6 Å². The van der Waals surface area contributed by atoms with Crippen LogP contribution in [0.1, 0.15) is 22.7 Å². The number of nitrogens with zero attached hydrogens (tertiary/aromatic N) is 1. The summed E-state index contributed by atoms with van der Waals surface area (Å²) in [7, 11) is 2.75. The number of ether oxygens (including phenoxy) is 2. The van der Waals surface area contributed by atoms with Crippen LogP contribution < -0.4 is 14.4 Å². The minimum absolute atomic E-state index is 0.0519. The lowest BCUT2D eigenvalue weighted by atomic mass is 9.94. The molecule has 3 aromatic carbocycles. The second-order valence-electron chi connectivity index (χ2n) is 7.81. The van der Waals surface area contributed by atoms with E-state index in [0.29, 0.717) is 11.8 Å². The SMILES string of the molecule is COc1ccc(/C(O)=C2\C(=O)C(=O)N(c3cccc(C(F)(F)F)c3)C2c2ccccc2F)cc1OC. The van der Waals surface area contributed by atoms with Crippen LogP contribution in [0.5, 0.6) is 11.5 Å². The topological polar surface area (TPSA) is 76.1 Å². The van der Waals surface area contributed by atoms with Crippen molar-refractivity contribution in [2.45, 2.75) is 12.2 Å². The smallest absolute Gasteiger partial charge is 0.416 e. The van der Waals surface area contributed by atoms with Crippen LogP contribution in [0.4, 0.5) is 23.2 Å². The first-order valence-electron chi connectivity index (χ1n) is 10.5. The highest BCUT2D eigenvalue weighted by Gasteiger charge is 2.48. The molecule has 4 rings (SSSR count). The van der Waals surface area contributed by atoms with Crippen LogP contribution in [-0.2, 0) is 15.8 Å². The largest absolute Gasteiger partial charge is 0.507 e. The highest BCUT2D eigenvalue weighted by Crippen LogP contribution is 2.44. The van der Waals surface area contributed by atoms with Gasteiger partial charge in [-0.1, -0.05) is 24.3 Å². The number of carbonyl (C=O) groups is 2. The van der Waals surface area contributed by atoms with E-state index in [9.17, 15) is 32.3 Å². The lowest BCUT2D eigenvalue weighted by Gasteiger charge is -2.26. The normalized spacial score (nSPS) is 17.4. The molecule has 0 saturated carbocycles. The van der Waals surface area contributed by atoms with Gasteiger partial charge in [-0.2, -0.15) is 13.2 Å². The van der Waals surface area contributed by atoms with Gasteiger partial charge in [0.1, 0.15) is 11.6 Å². The Labute approximate surface area is 203 Å². The number of benzene rings is 3. The molecular weight excluding hydrogens is 482 g/mol. The average Bonchev–Trinajstić information content (AvgIpc) is 3.13. The van der Waals surface area contributed by atoms with Gasteiger partial charge in [0.15, 0.2) is 11.5 Å². The molecule has 1 unspecified atom stereocenters. The zero-order valence-electron chi connectivity index (χ0n) is 19.0. The summed E-state index contributed by atoms with van der Waals surface area (Å²) in [5, 5.41) is 11.1. The molecule has 1 fully saturated rings. The van der Waals surface area contributed by atoms with Crippen LogP contribution in [0.15, 0.2) is 72.3 Å². The number of aliphatic hydroxyl groups excluding tert-OH is 1. The summed E-state index contributed by atoms with van der Waals surface area (Å²) in [6, 6.07) is 11.6. The number of carbonyl (C=O) groups excluding carboxylic acids is 2. The maximum Gasteiger partial charge on any atom is 0.416 e. The minimum Gasteiger partial charge on any atom is -0.507 e. The Morgan fingerprint density at radius 1 is 0.917 bits per heavy atom. The van der Waals surface area contributed by atoms with Gasteiger partial charge in [0.05, 0.1) is 31.4 Å². The zero-order chi connectivity index (χ0) is 26.2. The van der Waals surface area contributed by atoms with Gasteiger partial charge in [-0.25, -0.2) is 4.39 Å². The number of methoxy groups -OCH3 is 2. The number of aliphatic hydroxyl groups is 1. The summed E-state index contributed by atoms with van der Waals surface area (Å²) in [4.78, 5) is 27.0. The molecule has 1 aliphatic rings. The first-order chi connectivity index (χ1) is 17.1. The molecule has 36 heavy (non-hydrogen) atoms. The van der Waals surface area contributed by atoms with E-state index in [0.717, 1.165) is 23.1 Å². The van der Waals surface area contributed by atoms with E-state index in [4.69, 9.17) is 9.47 Å². The van der Waals surface area contributed by atoms with Crippen LogP contribution >= 0.6 is 0 Å². The number of anilines is 1. The molecule has 10 heteroatoms. The molecule has 1 N–H and O–H groups in total. The number of hydrogen-bond donors (Lipinski definition) is 1. The second kappa shape index (κ2) is 9.37. The van der Waals surface area contributed by atoms with Gasteiger partial charge in [-0.3, -0.25) is 14.5 Å². The Morgan fingerprint density at radius 3 is 2.25 bits per heavy atom. The van der Waals surface area contributed by atoms with Crippen molar-refractivity contribution in [3.05, 3.63) is 94.8 Å². The van der Waals surface area contributed by atoms with Crippen molar-refractivity contribution >= 4 is 23.1 Å². The number of hydrogen-bond acceptors (Lipinski definition) is 5. The first-order valence-corrected chi connectivity index (χ1v) is 10.5. The summed E-state index contributed by atoms with van der Waals surface area (Å²) in [5.41, 5.74) is -1.97. The Kier molecular flexibility index (Phi) is 6.45. The zero-order valence-corrected chi connectivity index (χ0v) is 19.0. The van der Waals surface area contributed by atoms with Crippen molar-refractivity contribution in [1.82, 2.24) is 0 Å². The van der Waals surface area contributed by atoms with Crippen LogP contribution in [-0.4, -0.2) is 31.0 Å². The van der Waals surface area contributed by atoms with Gasteiger partial charge in [-0.15, -0.1) is 0 Å². The van der Waals surface area contributed by atoms with Crippen molar-refractivity contribution in [2.24, 2.45) is 0 Å². The van der Waals surface area contributed by atoms with Gasteiger partial charge in [-0.05, 0) is 42.5 Å². The molecule has 0 radical (unpaired) electrons. The molecule has 186 valence electrons. The molecule has 6 nitrogen and oxygen atoms in total. The fourth-order valence-corrected chi connectivity index (χ4v) is 4.06. The fraction of sp³-hybridized carbons (Fsp3) is 0.154. The van der Waals surface area contributed by atoms with Gasteiger partial charge < -0.3 is 14.6 Å². The molecule has 1 aliphatic heterocycles. The molecule has 3 aromatic rings. The average molecular weight is 501 g/mol. The van der Waals surface area contributed by atoms with Gasteiger partial charge >= 0.3 is 6.18 Å². The summed E-state index contributed by atoms with van der Waals surface area (Å²) >= 11 is 0. The maximum atomic E-state index is 14.9. The fourth-order valence-electron chi connectivity index (χ4n) is 4.06. The van der Waals surface area contributed by atoms with Crippen molar-refractivity contribution in [3.8, 4) is 11.5 Å². The molecule has 1 atom stereocenters. The second-order valence-corrected chi connectivity index (χ2v) is 7.81. The van der Waals surface area contributed by atoms with Crippen molar-refractivity contribution < 1.29 is 41.7 Å². The van der Waals surface area contributed by atoms with Gasteiger partial charge in [0, 0.05) is 16.8 Å². The Bertz CT molecular complexity index is 1380. The number of halogens is 4. The van der Waals surface area contributed by atoms with Crippen molar-refractivity contribution in [2.75, 3.05) is 19.1 Å². The van der Waals surface area contributed by atoms with E-state index in [2.05, 4.69) is 0 Å². The quantitative estimate of drug-likeness (QED) is 0.217. The first kappa shape index (κ1) is 24.8. The Balaban J connectivity index is 1.97. The number of rotatable bonds is 5. The monoisotopic (exact) mass is 501 g/mol. The van der Waals surface area contributed by atoms with Crippen LogP contribution in [0.25, 0.3) is 5.76 Å². The van der Waals surface area contributed by atoms with Crippen molar-refractivity contribution in [1.29, 1.82) is 0 Å². The minimum atomic E-state index is -4.73. The summed E-state index contributed by atoms with van der Waals surface area (Å²) in [6.07, 6.45) is -4.73. The number of alkyl halides is 3. The summed E-state index contributed by atoms with van der Waals surface area (Å²) in [5.74, 6) is -3.35. The molecule has 1 saturated heterocycles. The summed E-state index contributed by atoms with van der Waals surface area (Å²) in [6.45, 7) is 0. The van der Waals surface area contributed by atoms with E-state index in [1.807, 2.05) is 0 Å². The standard InChI is InChI=1S/C26H19F4NO5/c1-35-19-11-10-14(12-20(19)36-2)23(32)21-22(17-8-3-4-9-18(17)27)31(25(34)24(21)33)16-7-5-6-15(13-16)26(28,29)30/h3-13,22,32H,1-2H3/b23-21+. The molecule has 0 bridgehead atoms.